The lowest BCUT2D eigenvalue weighted by molar-refractivity contribution is 0.0665. The topological polar surface area (TPSA) is 72.9 Å². The summed E-state index contributed by atoms with van der Waals surface area (Å²) in [5.41, 5.74) is 2.13. The van der Waals surface area contributed by atoms with E-state index in [0.29, 0.717) is 33.8 Å². The fourth-order valence-corrected chi connectivity index (χ4v) is 7.11. The first kappa shape index (κ1) is 25.0. The molecule has 1 saturated heterocycles. The van der Waals surface area contributed by atoms with Gasteiger partial charge in [-0.2, -0.15) is 0 Å². The highest BCUT2D eigenvalue weighted by Gasteiger charge is 2.71. The second-order valence-electron chi connectivity index (χ2n) is 10.6. The Bertz CT molecular complexity index is 1720. The van der Waals surface area contributed by atoms with Crippen molar-refractivity contribution in [2.75, 3.05) is 19.1 Å². The lowest BCUT2D eigenvalue weighted by Gasteiger charge is -2.37. The summed E-state index contributed by atoms with van der Waals surface area (Å²) in [4.78, 5) is 46.1. The minimum absolute atomic E-state index is 0.158. The molecule has 0 N–H and O–H groups in total. The third-order valence-electron chi connectivity index (χ3n) is 8.81. The summed E-state index contributed by atoms with van der Waals surface area (Å²) in [6.45, 7) is 0. The van der Waals surface area contributed by atoms with Gasteiger partial charge in [-0.05, 0) is 29.3 Å². The van der Waals surface area contributed by atoms with Crippen molar-refractivity contribution in [2.24, 2.45) is 5.41 Å². The van der Waals surface area contributed by atoms with E-state index in [1.807, 2.05) is 65.6 Å². The molecule has 2 heterocycles. The summed E-state index contributed by atoms with van der Waals surface area (Å²) >= 11 is 0. The molecular formula is C35H27NO5. The van der Waals surface area contributed by atoms with Crippen LogP contribution >= 0.6 is 0 Å². The Hall–Kier alpha value is -4.97. The maximum atomic E-state index is 14.7. The highest BCUT2D eigenvalue weighted by Crippen LogP contribution is 2.61. The predicted molar refractivity (Wildman–Crippen MR) is 156 cm³/mol. The number of Topliss-reactive ketones (excluding diaryl/α,β-unsaturated/α-hetero) is 3. The number of para-hydroxylation sites is 1. The Kier molecular flexibility index (Phi) is 5.68. The zero-order valence-electron chi connectivity index (χ0n) is 22.6. The zero-order chi connectivity index (χ0) is 28.3. The van der Waals surface area contributed by atoms with Crippen LogP contribution in [0, 0.1) is 5.41 Å². The Morgan fingerprint density at radius 2 is 1.39 bits per heavy atom. The predicted octanol–water partition coefficient (Wildman–Crippen LogP) is 6.02. The number of nitrogens with zero attached hydrogens (tertiary/aromatic N) is 1. The van der Waals surface area contributed by atoms with E-state index in [1.54, 1.807) is 62.8 Å². The number of anilines is 1. The summed E-state index contributed by atoms with van der Waals surface area (Å²) in [5, 5.41) is 0. The van der Waals surface area contributed by atoms with Crippen LogP contribution < -0.4 is 14.4 Å². The van der Waals surface area contributed by atoms with Crippen LogP contribution in [0.3, 0.4) is 0 Å². The van der Waals surface area contributed by atoms with Gasteiger partial charge in [0.25, 0.3) is 0 Å². The SMILES string of the molecule is COc1ccc([C@@H]2[C@H](C(=O)c3ccccc3)N3c4ccccc4C=C[C@H]3C23C(=O)c2ccccc2C3=O)cc1OC. The maximum absolute atomic E-state index is 14.7. The summed E-state index contributed by atoms with van der Waals surface area (Å²) in [5.74, 6) is -0.524. The van der Waals surface area contributed by atoms with E-state index in [1.165, 1.54) is 0 Å². The summed E-state index contributed by atoms with van der Waals surface area (Å²) in [7, 11) is 3.10. The maximum Gasteiger partial charge on any atom is 0.185 e. The first-order chi connectivity index (χ1) is 20.0. The second-order valence-corrected chi connectivity index (χ2v) is 10.6. The van der Waals surface area contributed by atoms with Gasteiger partial charge in [-0.1, -0.05) is 91.0 Å². The molecule has 4 aromatic rings. The fraction of sp³-hybridized carbons (Fsp3) is 0.171. The standard InChI is InChI=1S/C35H27NO5/c1-40-27-18-16-23(20-28(27)41-2)30-31(32(37)22-11-4-3-5-12-22)36-26-15-9-6-10-21(26)17-19-29(36)35(30)33(38)24-13-7-8-14-25(24)34(35)39/h3-20,29-31H,1-2H3/t29-,30+,31+/m0/s1. The molecule has 3 aliphatic rings. The monoisotopic (exact) mass is 541 g/mol. The number of carbonyl (C=O) groups is 3. The highest BCUT2D eigenvalue weighted by molar-refractivity contribution is 6.32. The molecule has 1 spiro atoms. The summed E-state index contributed by atoms with van der Waals surface area (Å²) in [6.07, 6.45) is 3.89. The number of ether oxygens (including phenoxy) is 2. The highest BCUT2D eigenvalue weighted by atomic mass is 16.5. The van der Waals surface area contributed by atoms with Crippen molar-refractivity contribution in [1.82, 2.24) is 0 Å². The smallest absolute Gasteiger partial charge is 0.185 e. The molecule has 0 radical (unpaired) electrons. The average Bonchev–Trinajstić information content (AvgIpc) is 3.47. The van der Waals surface area contributed by atoms with Crippen molar-refractivity contribution in [2.45, 2.75) is 18.0 Å². The molecule has 0 bridgehead atoms. The van der Waals surface area contributed by atoms with Gasteiger partial charge < -0.3 is 14.4 Å². The molecule has 1 fully saturated rings. The Morgan fingerprint density at radius 1 is 0.756 bits per heavy atom. The van der Waals surface area contributed by atoms with E-state index in [9.17, 15) is 14.4 Å². The molecule has 202 valence electrons. The Labute approximate surface area is 237 Å². The van der Waals surface area contributed by atoms with E-state index in [4.69, 9.17) is 9.47 Å². The van der Waals surface area contributed by atoms with Gasteiger partial charge in [-0.25, -0.2) is 0 Å². The number of benzene rings is 4. The van der Waals surface area contributed by atoms with Crippen molar-refractivity contribution in [3.8, 4) is 11.5 Å². The molecule has 7 rings (SSSR count). The van der Waals surface area contributed by atoms with Crippen molar-refractivity contribution in [1.29, 1.82) is 0 Å². The van der Waals surface area contributed by atoms with Crippen LogP contribution in [-0.2, 0) is 0 Å². The minimum Gasteiger partial charge on any atom is -0.493 e. The van der Waals surface area contributed by atoms with Crippen LogP contribution in [0.15, 0.2) is 103 Å². The van der Waals surface area contributed by atoms with Crippen LogP contribution in [0.2, 0.25) is 0 Å². The van der Waals surface area contributed by atoms with Gasteiger partial charge in [0.1, 0.15) is 11.5 Å². The number of carbonyl (C=O) groups excluding carboxylic acids is 3. The first-order valence-electron chi connectivity index (χ1n) is 13.6. The van der Waals surface area contributed by atoms with Gasteiger partial charge in [0.2, 0.25) is 0 Å². The molecule has 6 heteroatoms. The normalized spacial score (nSPS) is 21.4. The minimum atomic E-state index is -1.57. The van der Waals surface area contributed by atoms with E-state index < -0.39 is 23.4 Å². The third-order valence-corrected chi connectivity index (χ3v) is 8.81. The molecule has 0 unspecified atom stereocenters. The van der Waals surface area contributed by atoms with Gasteiger partial charge in [0.05, 0.1) is 20.3 Å². The second kappa shape index (κ2) is 9.30. The van der Waals surface area contributed by atoms with Crippen molar-refractivity contribution < 1.29 is 23.9 Å². The van der Waals surface area contributed by atoms with Gasteiger partial charge in [0, 0.05) is 28.3 Å². The average molecular weight is 542 g/mol. The molecule has 2 aliphatic heterocycles. The van der Waals surface area contributed by atoms with Crippen LogP contribution in [0.5, 0.6) is 11.5 Å². The van der Waals surface area contributed by atoms with Crippen molar-refractivity contribution in [3.05, 3.63) is 131 Å². The molecule has 4 aromatic carbocycles. The Morgan fingerprint density at radius 3 is 2.07 bits per heavy atom. The quantitative estimate of drug-likeness (QED) is 0.227. The Balaban J connectivity index is 1.56. The van der Waals surface area contributed by atoms with Gasteiger partial charge in [0.15, 0.2) is 28.8 Å². The van der Waals surface area contributed by atoms with E-state index >= 15 is 0 Å². The molecule has 0 aromatic heterocycles. The van der Waals surface area contributed by atoms with E-state index in [-0.39, 0.29) is 17.3 Å². The zero-order valence-corrected chi connectivity index (χ0v) is 22.6. The lowest BCUT2D eigenvalue weighted by Crippen LogP contribution is -2.48. The number of rotatable bonds is 5. The molecule has 1 aliphatic carbocycles. The number of ketones is 3. The molecule has 0 amide bonds. The summed E-state index contributed by atoms with van der Waals surface area (Å²) < 4.78 is 11.2. The van der Waals surface area contributed by atoms with Crippen molar-refractivity contribution in [3.63, 3.8) is 0 Å². The number of hydrogen-bond acceptors (Lipinski definition) is 6. The molecule has 3 atom stereocenters. The number of hydrogen-bond donors (Lipinski definition) is 0. The van der Waals surface area contributed by atoms with E-state index in [2.05, 4.69) is 0 Å². The number of fused-ring (bicyclic) bond motifs is 5. The van der Waals surface area contributed by atoms with E-state index in [0.717, 1.165) is 11.3 Å². The molecule has 0 saturated carbocycles. The molecular weight excluding hydrogens is 514 g/mol. The van der Waals surface area contributed by atoms with Gasteiger partial charge >= 0.3 is 0 Å². The van der Waals surface area contributed by atoms with Crippen LogP contribution in [0.1, 0.15) is 48.1 Å². The largest absolute Gasteiger partial charge is 0.493 e. The molecule has 41 heavy (non-hydrogen) atoms. The lowest BCUT2D eigenvalue weighted by atomic mass is 9.64. The van der Waals surface area contributed by atoms with Gasteiger partial charge in [-0.15, -0.1) is 0 Å². The van der Waals surface area contributed by atoms with Crippen LogP contribution in [0.4, 0.5) is 5.69 Å². The van der Waals surface area contributed by atoms with Crippen molar-refractivity contribution >= 4 is 29.1 Å². The van der Waals surface area contributed by atoms with Gasteiger partial charge in [-0.3, -0.25) is 14.4 Å². The van der Waals surface area contributed by atoms with Crippen LogP contribution in [-0.4, -0.2) is 43.7 Å². The number of methoxy groups -OCH3 is 2. The first-order valence-corrected chi connectivity index (χ1v) is 13.6. The molecule has 6 nitrogen and oxygen atoms in total. The summed E-state index contributed by atoms with van der Waals surface area (Å²) in [6, 6.07) is 27.7. The third kappa shape index (κ3) is 3.34. The fourth-order valence-electron chi connectivity index (χ4n) is 7.11. The van der Waals surface area contributed by atoms with Crippen LogP contribution in [0.25, 0.3) is 6.08 Å².